The lowest BCUT2D eigenvalue weighted by Crippen LogP contribution is -2.68. The highest BCUT2D eigenvalue weighted by Gasteiger charge is 2.45. The molecule has 3 unspecified atom stereocenters. The van der Waals surface area contributed by atoms with Gasteiger partial charge in [-0.1, -0.05) is 53.7 Å². The number of amides is 2. The van der Waals surface area contributed by atoms with Crippen molar-refractivity contribution in [3.8, 4) is 0 Å². The zero-order chi connectivity index (χ0) is 20.8. The maximum atomic E-state index is 12.4. The molecule has 3 rings (SSSR count). The minimum Gasteiger partial charge on any atom is -0.480 e. The highest BCUT2D eigenvalue weighted by Crippen LogP contribution is 2.24. The standard InChI is InChI=1S/C20H19N3O5S/c24-18(17(22-28)13-7-3-1-4-8-13)21-15-11-23(19(15)25)16(20(26)27)12-29-14-9-5-2-6-10-14/h1-10,15-17H,11-12H2,(H,21,24)(H,26,27). The molecule has 9 heteroatoms. The van der Waals surface area contributed by atoms with Gasteiger partial charge in [0, 0.05) is 10.6 Å². The number of carboxylic acid groups (broad SMARTS) is 1. The van der Waals surface area contributed by atoms with Crippen molar-refractivity contribution in [1.29, 1.82) is 0 Å². The second-order valence-corrected chi connectivity index (χ2v) is 7.54. The van der Waals surface area contributed by atoms with E-state index < -0.39 is 35.9 Å². The lowest BCUT2D eigenvalue weighted by molar-refractivity contribution is -0.158. The number of carbonyl (C=O) groups is 3. The van der Waals surface area contributed by atoms with Crippen LogP contribution in [0.25, 0.3) is 0 Å². The molecule has 8 nitrogen and oxygen atoms in total. The van der Waals surface area contributed by atoms with Crippen molar-refractivity contribution in [2.45, 2.75) is 23.0 Å². The van der Waals surface area contributed by atoms with Crippen molar-refractivity contribution in [1.82, 2.24) is 10.2 Å². The highest BCUT2D eigenvalue weighted by molar-refractivity contribution is 7.99. The molecule has 3 atom stereocenters. The third kappa shape index (κ3) is 4.80. The van der Waals surface area contributed by atoms with Crippen LogP contribution in [0.4, 0.5) is 0 Å². The van der Waals surface area contributed by atoms with Gasteiger partial charge in [0.25, 0.3) is 5.91 Å². The first kappa shape index (κ1) is 20.5. The molecule has 29 heavy (non-hydrogen) atoms. The van der Waals surface area contributed by atoms with E-state index in [1.54, 1.807) is 30.3 Å². The summed E-state index contributed by atoms with van der Waals surface area (Å²) in [6.07, 6.45) is 0. The van der Waals surface area contributed by atoms with Crippen molar-refractivity contribution in [3.63, 3.8) is 0 Å². The number of likely N-dealkylation sites (tertiary alicyclic amines) is 1. The fourth-order valence-corrected chi connectivity index (χ4v) is 4.00. The van der Waals surface area contributed by atoms with Gasteiger partial charge in [0.15, 0.2) is 6.04 Å². The third-order valence-corrected chi connectivity index (χ3v) is 5.65. The molecule has 2 amide bonds. The van der Waals surface area contributed by atoms with E-state index in [1.165, 1.54) is 16.7 Å². The van der Waals surface area contributed by atoms with Crippen LogP contribution in [-0.2, 0) is 14.4 Å². The van der Waals surface area contributed by atoms with Gasteiger partial charge in [0.2, 0.25) is 5.91 Å². The van der Waals surface area contributed by atoms with E-state index in [0.717, 1.165) is 4.90 Å². The molecule has 0 aromatic heterocycles. The summed E-state index contributed by atoms with van der Waals surface area (Å²) in [7, 11) is 0. The number of nitroso groups, excluding NO2 is 1. The van der Waals surface area contributed by atoms with Gasteiger partial charge in [-0.2, -0.15) is 0 Å². The monoisotopic (exact) mass is 413 g/mol. The van der Waals surface area contributed by atoms with Gasteiger partial charge in [-0.15, -0.1) is 16.7 Å². The topological polar surface area (TPSA) is 116 Å². The van der Waals surface area contributed by atoms with Crippen molar-refractivity contribution >= 4 is 29.5 Å². The Kier molecular flexibility index (Phi) is 6.61. The summed E-state index contributed by atoms with van der Waals surface area (Å²) in [5.74, 6) is -2.09. The van der Waals surface area contributed by atoms with Gasteiger partial charge >= 0.3 is 5.97 Å². The van der Waals surface area contributed by atoms with E-state index in [-0.39, 0.29) is 12.3 Å². The number of carboxylic acids is 1. The van der Waals surface area contributed by atoms with Crippen LogP contribution < -0.4 is 5.32 Å². The van der Waals surface area contributed by atoms with Crippen LogP contribution in [0.5, 0.6) is 0 Å². The van der Waals surface area contributed by atoms with Crippen LogP contribution in [0.15, 0.2) is 70.7 Å². The first-order valence-electron chi connectivity index (χ1n) is 8.90. The number of thioether (sulfide) groups is 1. The van der Waals surface area contributed by atoms with Gasteiger partial charge in [-0.05, 0) is 17.7 Å². The summed E-state index contributed by atoms with van der Waals surface area (Å²) >= 11 is 1.34. The molecule has 1 fully saturated rings. The Hall–Kier alpha value is -3.20. The molecule has 0 saturated carbocycles. The van der Waals surface area contributed by atoms with Gasteiger partial charge < -0.3 is 15.3 Å². The summed E-state index contributed by atoms with van der Waals surface area (Å²) in [5.41, 5.74) is 0.423. The van der Waals surface area contributed by atoms with Crippen LogP contribution in [0.2, 0.25) is 0 Å². The molecule has 1 aliphatic rings. The fraction of sp³-hybridized carbons (Fsp3) is 0.250. The Bertz CT molecular complexity index is 894. The Labute approximate surface area is 171 Å². The zero-order valence-electron chi connectivity index (χ0n) is 15.3. The summed E-state index contributed by atoms with van der Waals surface area (Å²) in [6, 6.07) is 14.5. The molecule has 2 aromatic carbocycles. The molecule has 0 aliphatic carbocycles. The van der Waals surface area contributed by atoms with Crippen molar-refractivity contribution in [2.75, 3.05) is 12.3 Å². The minimum atomic E-state index is -1.26. The number of carbonyl (C=O) groups excluding carboxylic acids is 2. The van der Waals surface area contributed by atoms with Crippen molar-refractivity contribution in [2.24, 2.45) is 5.18 Å². The van der Waals surface area contributed by atoms with E-state index in [1.807, 2.05) is 30.3 Å². The van der Waals surface area contributed by atoms with E-state index in [4.69, 9.17) is 0 Å². The molecule has 1 heterocycles. The van der Waals surface area contributed by atoms with Crippen LogP contribution >= 0.6 is 11.8 Å². The average Bonchev–Trinajstić information content (AvgIpc) is 2.74. The smallest absolute Gasteiger partial charge is 0.327 e. The van der Waals surface area contributed by atoms with Crippen LogP contribution in [0.3, 0.4) is 0 Å². The Balaban J connectivity index is 1.58. The van der Waals surface area contributed by atoms with Crippen LogP contribution in [0.1, 0.15) is 11.6 Å². The first-order chi connectivity index (χ1) is 14.0. The second-order valence-electron chi connectivity index (χ2n) is 6.45. The summed E-state index contributed by atoms with van der Waals surface area (Å²) < 4.78 is 0. The van der Waals surface area contributed by atoms with Gasteiger partial charge in [0.05, 0.1) is 6.54 Å². The minimum absolute atomic E-state index is 0.0667. The molecule has 2 aromatic rings. The van der Waals surface area contributed by atoms with E-state index in [9.17, 15) is 24.4 Å². The molecule has 150 valence electrons. The molecule has 0 radical (unpaired) electrons. The summed E-state index contributed by atoms with van der Waals surface area (Å²) in [4.78, 5) is 49.6. The van der Waals surface area contributed by atoms with Crippen molar-refractivity contribution in [3.05, 3.63) is 71.1 Å². The normalized spacial score (nSPS) is 17.7. The quantitative estimate of drug-likeness (QED) is 0.369. The summed E-state index contributed by atoms with van der Waals surface area (Å²) in [5, 5.41) is 14.8. The molecule has 0 spiro atoms. The van der Waals surface area contributed by atoms with E-state index in [0.29, 0.717) is 5.56 Å². The van der Waals surface area contributed by atoms with Crippen LogP contribution in [-0.4, -0.2) is 52.2 Å². The Morgan fingerprint density at radius 3 is 2.31 bits per heavy atom. The number of hydrogen-bond donors (Lipinski definition) is 2. The molecule has 1 aliphatic heterocycles. The number of nitrogens with one attached hydrogen (secondary N) is 1. The lowest BCUT2D eigenvalue weighted by atomic mass is 10.0. The fourth-order valence-electron chi connectivity index (χ4n) is 2.97. The zero-order valence-corrected chi connectivity index (χ0v) is 16.1. The third-order valence-electron chi connectivity index (χ3n) is 4.56. The number of hydrogen-bond acceptors (Lipinski definition) is 6. The SMILES string of the molecule is O=NC(C(=O)NC1CN(C(CSc2ccccc2)C(=O)O)C1=O)c1ccccc1. The maximum Gasteiger partial charge on any atom is 0.327 e. The highest BCUT2D eigenvalue weighted by atomic mass is 32.2. The molecule has 2 N–H and O–H groups in total. The Morgan fingerprint density at radius 1 is 1.14 bits per heavy atom. The number of β-lactam (4-membered cyclic amide) rings is 1. The number of nitrogens with zero attached hydrogens (tertiary/aromatic N) is 2. The van der Waals surface area contributed by atoms with E-state index in [2.05, 4.69) is 10.5 Å². The summed E-state index contributed by atoms with van der Waals surface area (Å²) in [6.45, 7) is 0.0667. The van der Waals surface area contributed by atoms with Crippen molar-refractivity contribution < 1.29 is 19.5 Å². The van der Waals surface area contributed by atoms with Gasteiger partial charge in [-0.25, -0.2) is 4.79 Å². The molecule has 0 bridgehead atoms. The Morgan fingerprint density at radius 2 is 1.76 bits per heavy atom. The first-order valence-corrected chi connectivity index (χ1v) is 9.88. The van der Waals surface area contributed by atoms with Crippen LogP contribution in [0, 0.1) is 4.91 Å². The number of benzene rings is 2. The van der Waals surface area contributed by atoms with Gasteiger partial charge in [0.1, 0.15) is 12.1 Å². The van der Waals surface area contributed by atoms with E-state index >= 15 is 0 Å². The maximum absolute atomic E-state index is 12.4. The number of rotatable bonds is 9. The molecular formula is C20H19N3O5S. The van der Waals surface area contributed by atoms with Gasteiger partial charge in [-0.3, -0.25) is 9.59 Å². The predicted octanol–water partition coefficient (Wildman–Crippen LogP) is 2.07. The number of aliphatic carboxylic acids is 1. The average molecular weight is 413 g/mol. The predicted molar refractivity (Wildman–Crippen MR) is 107 cm³/mol. The lowest BCUT2D eigenvalue weighted by Gasteiger charge is -2.42. The second kappa shape index (κ2) is 9.33. The molecule has 1 saturated heterocycles. The molecular weight excluding hydrogens is 394 g/mol. The largest absolute Gasteiger partial charge is 0.480 e.